The first-order chi connectivity index (χ1) is 12.0. The summed E-state index contributed by atoms with van der Waals surface area (Å²) in [5.41, 5.74) is 5.82. The van der Waals surface area contributed by atoms with Gasteiger partial charge in [-0.15, -0.1) is 0 Å². The number of aliphatic hydroxyl groups excluding tert-OH is 1. The van der Waals surface area contributed by atoms with E-state index in [1.807, 2.05) is 28.8 Å². The molecule has 0 aliphatic heterocycles. The number of nitrogens with zero attached hydrogens (tertiary/aromatic N) is 2. The van der Waals surface area contributed by atoms with E-state index in [4.69, 9.17) is 11.6 Å². The fraction of sp³-hybridized carbons (Fsp3) is 0.286. The predicted molar refractivity (Wildman–Crippen MR) is 102 cm³/mol. The van der Waals surface area contributed by atoms with Crippen molar-refractivity contribution in [2.45, 2.75) is 39.3 Å². The standard InChI is InChI=1S/C21H23ClN2O/c1-15-3-4-17(11-16(15)2)7-10-21(25)20-12-23-14-24(20)13-18-5-8-19(22)9-6-18/h3-6,8-9,11-12,14,21,25H,7,10,13H2,1-2H3. The maximum absolute atomic E-state index is 10.6. The lowest BCUT2D eigenvalue weighted by Crippen LogP contribution is -2.09. The summed E-state index contributed by atoms with van der Waals surface area (Å²) >= 11 is 5.94. The molecule has 1 atom stereocenters. The van der Waals surface area contributed by atoms with Crippen LogP contribution < -0.4 is 0 Å². The Balaban J connectivity index is 1.66. The highest BCUT2D eigenvalue weighted by Crippen LogP contribution is 2.21. The first kappa shape index (κ1) is 17.7. The number of imidazole rings is 1. The van der Waals surface area contributed by atoms with Gasteiger partial charge in [0.2, 0.25) is 0 Å². The number of rotatable bonds is 6. The molecular formula is C21H23ClN2O. The minimum absolute atomic E-state index is 0.531. The van der Waals surface area contributed by atoms with Crippen LogP contribution in [0, 0.1) is 13.8 Å². The molecule has 0 saturated carbocycles. The molecule has 0 aliphatic carbocycles. The van der Waals surface area contributed by atoms with E-state index < -0.39 is 6.10 Å². The number of hydrogen-bond donors (Lipinski definition) is 1. The third kappa shape index (κ3) is 4.50. The largest absolute Gasteiger partial charge is 0.387 e. The lowest BCUT2D eigenvalue weighted by molar-refractivity contribution is 0.159. The molecule has 130 valence electrons. The van der Waals surface area contributed by atoms with Crippen LogP contribution in [0.4, 0.5) is 0 Å². The summed E-state index contributed by atoms with van der Waals surface area (Å²) in [7, 11) is 0. The molecule has 1 aromatic heterocycles. The van der Waals surface area contributed by atoms with E-state index in [9.17, 15) is 5.11 Å². The topological polar surface area (TPSA) is 38.1 Å². The summed E-state index contributed by atoms with van der Waals surface area (Å²) in [6, 6.07) is 14.2. The van der Waals surface area contributed by atoms with Crippen LogP contribution in [-0.4, -0.2) is 14.7 Å². The van der Waals surface area contributed by atoms with E-state index in [-0.39, 0.29) is 0 Å². The van der Waals surface area contributed by atoms with Crippen LogP contribution in [0.3, 0.4) is 0 Å². The first-order valence-corrected chi connectivity index (χ1v) is 8.89. The molecule has 0 fully saturated rings. The third-order valence-electron chi connectivity index (χ3n) is 4.63. The van der Waals surface area contributed by atoms with Crippen molar-refractivity contribution in [2.24, 2.45) is 0 Å². The fourth-order valence-corrected chi connectivity index (χ4v) is 3.06. The quantitative estimate of drug-likeness (QED) is 0.686. The predicted octanol–water partition coefficient (Wildman–Crippen LogP) is 4.87. The van der Waals surface area contributed by atoms with Gasteiger partial charge in [-0.05, 0) is 61.1 Å². The lowest BCUT2D eigenvalue weighted by atomic mass is 10.0. The van der Waals surface area contributed by atoms with Crippen molar-refractivity contribution in [3.8, 4) is 0 Å². The summed E-state index contributed by atoms with van der Waals surface area (Å²) in [5.74, 6) is 0. The van der Waals surface area contributed by atoms with E-state index in [2.05, 4.69) is 37.0 Å². The number of aliphatic hydroxyl groups is 1. The van der Waals surface area contributed by atoms with Gasteiger partial charge in [0.15, 0.2) is 0 Å². The Kier molecular flexibility index (Phi) is 5.57. The van der Waals surface area contributed by atoms with Gasteiger partial charge < -0.3 is 9.67 Å². The molecule has 0 saturated heterocycles. The van der Waals surface area contributed by atoms with Crippen LogP contribution in [0.25, 0.3) is 0 Å². The molecule has 4 heteroatoms. The molecule has 0 amide bonds. The molecule has 1 heterocycles. The molecule has 1 N–H and O–H groups in total. The minimum Gasteiger partial charge on any atom is -0.387 e. The lowest BCUT2D eigenvalue weighted by Gasteiger charge is -2.14. The van der Waals surface area contributed by atoms with Gasteiger partial charge >= 0.3 is 0 Å². The van der Waals surface area contributed by atoms with Crippen LogP contribution in [-0.2, 0) is 13.0 Å². The average molecular weight is 355 g/mol. The summed E-state index contributed by atoms with van der Waals surface area (Å²) in [6.07, 6.45) is 4.50. The summed E-state index contributed by atoms with van der Waals surface area (Å²) in [6.45, 7) is 4.91. The Bertz CT molecular complexity index is 839. The molecule has 0 spiro atoms. The number of hydrogen-bond acceptors (Lipinski definition) is 2. The zero-order valence-corrected chi connectivity index (χ0v) is 15.4. The first-order valence-electron chi connectivity index (χ1n) is 8.51. The normalized spacial score (nSPS) is 12.3. The zero-order valence-electron chi connectivity index (χ0n) is 14.6. The van der Waals surface area contributed by atoms with Gasteiger partial charge in [0.25, 0.3) is 0 Å². The summed E-state index contributed by atoms with van der Waals surface area (Å²) in [4.78, 5) is 4.21. The Morgan fingerprint density at radius 2 is 1.76 bits per heavy atom. The monoisotopic (exact) mass is 354 g/mol. The van der Waals surface area contributed by atoms with E-state index in [0.29, 0.717) is 13.0 Å². The van der Waals surface area contributed by atoms with Crippen molar-refractivity contribution in [1.29, 1.82) is 0 Å². The molecule has 25 heavy (non-hydrogen) atoms. The van der Waals surface area contributed by atoms with Crippen LogP contribution >= 0.6 is 11.6 Å². The van der Waals surface area contributed by atoms with Crippen LogP contribution in [0.5, 0.6) is 0 Å². The second kappa shape index (κ2) is 7.85. The van der Waals surface area contributed by atoms with Crippen molar-refractivity contribution in [2.75, 3.05) is 0 Å². The molecule has 2 aromatic carbocycles. The van der Waals surface area contributed by atoms with Crippen molar-refractivity contribution in [3.05, 3.63) is 88.0 Å². The van der Waals surface area contributed by atoms with Gasteiger partial charge in [-0.25, -0.2) is 4.98 Å². The van der Waals surface area contributed by atoms with Crippen LogP contribution in [0.15, 0.2) is 55.0 Å². The second-order valence-electron chi connectivity index (χ2n) is 6.55. The molecule has 3 nitrogen and oxygen atoms in total. The van der Waals surface area contributed by atoms with E-state index in [0.717, 1.165) is 22.7 Å². The zero-order chi connectivity index (χ0) is 17.8. The highest BCUT2D eigenvalue weighted by atomic mass is 35.5. The second-order valence-corrected chi connectivity index (χ2v) is 6.98. The van der Waals surface area contributed by atoms with E-state index in [1.165, 1.54) is 16.7 Å². The maximum atomic E-state index is 10.6. The molecule has 3 rings (SSSR count). The Hall–Kier alpha value is -2.10. The van der Waals surface area contributed by atoms with Gasteiger partial charge in [-0.2, -0.15) is 0 Å². The molecule has 1 unspecified atom stereocenters. The molecule has 0 radical (unpaired) electrons. The smallest absolute Gasteiger partial charge is 0.0959 e. The summed E-state index contributed by atoms with van der Waals surface area (Å²) < 4.78 is 1.99. The number of aromatic nitrogens is 2. The highest BCUT2D eigenvalue weighted by molar-refractivity contribution is 6.30. The van der Waals surface area contributed by atoms with Gasteiger partial charge in [0.1, 0.15) is 0 Å². The number of halogens is 1. The third-order valence-corrected chi connectivity index (χ3v) is 4.88. The SMILES string of the molecule is Cc1ccc(CCC(O)c2cncn2Cc2ccc(Cl)cc2)cc1C. The van der Waals surface area contributed by atoms with Crippen molar-refractivity contribution in [1.82, 2.24) is 9.55 Å². The number of aryl methyl sites for hydroxylation is 3. The molecular weight excluding hydrogens is 332 g/mol. The van der Waals surface area contributed by atoms with Gasteiger partial charge in [-0.1, -0.05) is 41.9 Å². The highest BCUT2D eigenvalue weighted by Gasteiger charge is 2.13. The van der Waals surface area contributed by atoms with Gasteiger partial charge in [0, 0.05) is 11.6 Å². The van der Waals surface area contributed by atoms with Crippen molar-refractivity contribution >= 4 is 11.6 Å². The van der Waals surface area contributed by atoms with E-state index >= 15 is 0 Å². The average Bonchev–Trinajstić information content (AvgIpc) is 3.06. The molecule has 3 aromatic rings. The van der Waals surface area contributed by atoms with Crippen molar-refractivity contribution in [3.63, 3.8) is 0 Å². The molecule has 0 bridgehead atoms. The molecule has 0 aliphatic rings. The number of benzene rings is 2. The maximum Gasteiger partial charge on any atom is 0.0959 e. The summed E-state index contributed by atoms with van der Waals surface area (Å²) in [5, 5.41) is 11.3. The van der Waals surface area contributed by atoms with Gasteiger partial charge in [-0.3, -0.25) is 0 Å². The van der Waals surface area contributed by atoms with Gasteiger partial charge in [0.05, 0.1) is 24.3 Å². The Morgan fingerprint density at radius 1 is 1.04 bits per heavy atom. The van der Waals surface area contributed by atoms with E-state index in [1.54, 1.807) is 12.5 Å². The Morgan fingerprint density at radius 3 is 2.48 bits per heavy atom. The van der Waals surface area contributed by atoms with Crippen molar-refractivity contribution < 1.29 is 5.11 Å². The van der Waals surface area contributed by atoms with Crippen LogP contribution in [0.2, 0.25) is 5.02 Å². The van der Waals surface area contributed by atoms with Crippen LogP contribution in [0.1, 0.15) is 40.5 Å². The fourth-order valence-electron chi connectivity index (χ4n) is 2.94. The Labute approximate surface area is 153 Å². The minimum atomic E-state index is -0.531.